The van der Waals surface area contributed by atoms with E-state index >= 15 is 0 Å². The molecule has 0 aliphatic rings. The molecule has 0 spiro atoms. The second-order valence-corrected chi connectivity index (χ2v) is 14.8. The zero-order valence-corrected chi connectivity index (χ0v) is 31.2. The molecule has 57 heavy (non-hydrogen) atoms. The number of fused-ring (bicyclic) bond motifs is 6. The number of benzene rings is 10. The van der Waals surface area contributed by atoms with E-state index in [-0.39, 0.29) is 0 Å². The zero-order chi connectivity index (χ0) is 37.7. The predicted molar refractivity (Wildman–Crippen MR) is 241 cm³/mol. The smallest absolute Gasteiger partial charge is 0.145 e. The molecule has 0 aliphatic heterocycles. The molecule has 2 heteroatoms. The third-order valence-electron chi connectivity index (χ3n) is 11.3. The topological polar surface area (TPSA) is 17.8 Å². The average Bonchev–Trinajstić information content (AvgIpc) is 3.70. The van der Waals surface area contributed by atoms with Crippen molar-refractivity contribution < 1.29 is 0 Å². The number of rotatable bonds is 6. The van der Waals surface area contributed by atoms with Gasteiger partial charge in [0.05, 0.1) is 11.4 Å². The van der Waals surface area contributed by atoms with E-state index in [1.54, 1.807) is 0 Å². The van der Waals surface area contributed by atoms with Crippen molar-refractivity contribution in [3.05, 3.63) is 218 Å². The molecule has 0 saturated carbocycles. The van der Waals surface area contributed by atoms with E-state index in [0.29, 0.717) is 0 Å². The highest BCUT2D eigenvalue weighted by molar-refractivity contribution is 6.10. The lowest BCUT2D eigenvalue weighted by atomic mass is 9.92. The number of nitrogens with zero attached hydrogens (tertiary/aromatic N) is 2. The van der Waals surface area contributed by atoms with Gasteiger partial charge >= 0.3 is 0 Å². The number of imidazole rings is 1. The second kappa shape index (κ2) is 13.6. The van der Waals surface area contributed by atoms with Crippen LogP contribution in [-0.2, 0) is 0 Å². The lowest BCUT2D eigenvalue weighted by Gasteiger charge is -2.16. The minimum atomic E-state index is 0.889. The Kier molecular flexibility index (Phi) is 7.86. The molecule has 1 aromatic heterocycles. The van der Waals surface area contributed by atoms with Gasteiger partial charge in [-0.3, -0.25) is 4.57 Å². The van der Waals surface area contributed by atoms with Gasteiger partial charge in [0, 0.05) is 22.4 Å². The summed E-state index contributed by atoms with van der Waals surface area (Å²) in [5.41, 5.74) is 10.9. The van der Waals surface area contributed by atoms with Crippen molar-refractivity contribution >= 4 is 43.1 Å². The molecule has 0 bridgehead atoms. The molecule has 2 nitrogen and oxygen atoms in total. The molecular weight excluding hydrogens is 689 g/mol. The Balaban J connectivity index is 1.19. The van der Waals surface area contributed by atoms with Crippen LogP contribution >= 0.6 is 0 Å². The van der Waals surface area contributed by atoms with Crippen LogP contribution in [0.25, 0.3) is 105 Å². The van der Waals surface area contributed by atoms with E-state index in [4.69, 9.17) is 4.98 Å². The summed E-state index contributed by atoms with van der Waals surface area (Å²) in [6, 6.07) is 78.9. The number of para-hydroxylation sites is 1. The van der Waals surface area contributed by atoms with Gasteiger partial charge in [-0.25, -0.2) is 4.98 Å². The molecule has 0 radical (unpaired) electrons. The maximum Gasteiger partial charge on any atom is 0.145 e. The highest BCUT2D eigenvalue weighted by atomic mass is 15.1. The molecule has 0 N–H and O–H groups in total. The molecule has 0 atom stereocenters. The molecule has 11 rings (SSSR count). The van der Waals surface area contributed by atoms with Gasteiger partial charge in [-0.1, -0.05) is 176 Å². The first-order chi connectivity index (χ1) is 28.2. The Hall–Kier alpha value is -7.55. The van der Waals surface area contributed by atoms with Gasteiger partial charge in [-0.2, -0.15) is 0 Å². The second-order valence-electron chi connectivity index (χ2n) is 14.8. The van der Waals surface area contributed by atoms with Crippen molar-refractivity contribution in [1.29, 1.82) is 0 Å². The van der Waals surface area contributed by atoms with Crippen molar-refractivity contribution in [3.8, 4) is 61.8 Å². The fraction of sp³-hybridized carbons (Fsp3) is 0. The van der Waals surface area contributed by atoms with Gasteiger partial charge in [0.2, 0.25) is 0 Å². The van der Waals surface area contributed by atoms with Crippen LogP contribution in [0.1, 0.15) is 0 Å². The van der Waals surface area contributed by atoms with Crippen LogP contribution < -0.4 is 0 Å². The lowest BCUT2D eigenvalue weighted by Crippen LogP contribution is -2.00. The van der Waals surface area contributed by atoms with Crippen molar-refractivity contribution in [2.75, 3.05) is 0 Å². The van der Waals surface area contributed by atoms with Crippen molar-refractivity contribution in [3.63, 3.8) is 0 Å². The molecule has 11 aromatic rings. The largest absolute Gasteiger partial charge is 0.292 e. The van der Waals surface area contributed by atoms with Crippen molar-refractivity contribution in [2.45, 2.75) is 0 Å². The summed E-state index contributed by atoms with van der Waals surface area (Å²) in [6.07, 6.45) is 0. The normalized spacial score (nSPS) is 11.5. The monoisotopic (exact) mass is 724 g/mol. The quantitative estimate of drug-likeness (QED) is 0.156. The first-order valence-electron chi connectivity index (χ1n) is 19.5. The van der Waals surface area contributed by atoms with E-state index in [0.717, 1.165) is 61.8 Å². The summed E-state index contributed by atoms with van der Waals surface area (Å²) in [7, 11) is 0. The fourth-order valence-electron chi connectivity index (χ4n) is 8.58. The van der Waals surface area contributed by atoms with E-state index < -0.39 is 0 Å². The Labute approximate surface area is 331 Å². The van der Waals surface area contributed by atoms with E-state index in [1.807, 2.05) is 0 Å². The maximum atomic E-state index is 5.60. The molecule has 0 unspecified atom stereocenters. The van der Waals surface area contributed by atoms with Crippen LogP contribution in [0, 0.1) is 0 Å². The van der Waals surface area contributed by atoms with Gasteiger partial charge in [0.25, 0.3) is 0 Å². The van der Waals surface area contributed by atoms with Gasteiger partial charge in [0.15, 0.2) is 0 Å². The minimum absolute atomic E-state index is 0.889. The molecule has 0 saturated heterocycles. The first-order valence-corrected chi connectivity index (χ1v) is 19.5. The summed E-state index contributed by atoms with van der Waals surface area (Å²) < 4.78 is 2.35. The van der Waals surface area contributed by atoms with Crippen LogP contribution in [0.4, 0.5) is 0 Å². The average molecular weight is 725 g/mol. The molecule has 0 fully saturated rings. The number of hydrogen-bond donors (Lipinski definition) is 0. The molecule has 10 aromatic carbocycles. The summed E-state index contributed by atoms with van der Waals surface area (Å²) in [6.45, 7) is 0. The zero-order valence-electron chi connectivity index (χ0n) is 31.2. The van der Waals surface area contributed by atoms with Crippen LogP contribution in [0.2, 0.25) is 0 Å². The Bertz CT molecular complexity index is 3130. The van der Waals surface area contributed by atoms with Gasteiger partial charge in [-0.15, -0.1) is 0 Å². The molecule has 1 heterocycles. The Morgan fingerprint density at radius 2 is 0.719 bits per heavy atom. The summed E-state index contributed by atoms with van der Waals surface area (Å²) in [5, 5.41) is 10.0. The maximum absolute atomic E-state index is 5.60. The van der Waals surface area contributed by atoms with E-state index in [2.05, 4.69) is 223 Å². The predicted octanol–water partition coefficient (Wildman–Crippen LogP) is 14.8. The highest BCUT2D eigenvalue weighted by Crippen LogP contribution is 2.42. The number of aromatic nitrogens is 2. The SMILES string of the molecule is c1ccc(-c2nc(-c3cc(-c4ccc5c(ccc6ccccc65)c4)cc(-c4ccc5c(ccc6ccccc65)c4)c3)n(-c3ccccc3)c2-c2ccccc2)cc1. The van der Waals surface area contributed by atoms with Gasteiger partial charge < -0.3 is 0 Å². The van der Waals surface area contributed by atoms with Gasteiger partial charge in [-0.05, 0) is 108 Å². The molecule has 0 aliphatic carbocycles. The Morgan fingerprint density at radius 3 is 1.28 bits per heavy atom. The van der Waals surface area contributed by atoms with Gasteiger partial charge in [0.1, 0.15) is 5.82 Å². The standard InChI is InChI=1S/C55H36N2/c1-4-16-39(17-5-1)53-54(40-18-6-2-7-19-40)57(48-20-8-3-9-21-48)55(56-53)47-35-45(41-28-30-51-43(32-41)26-24-37-14-10-12-22-49(37)51)34-46(36-47)42-29-31-52-44(33-42)27-25-38-15-11-13-23-50(38)52/h1-36H. The van der Waals surface area contributed by atoms with Crippen molar-refractivity contribution in [2.24, 2.45) is 0 Å². The Morgan fingerprint density at radius 1 is 0.281 bits per heavy atom. The van der Waals surface area contributed by atoms with Crippen LogP contribution in [0.15, 0.2) is 218 Å². The first kappa shape index (κ1) is 32.8. The molecule has 266 valence electrons. The summed E-state index contributed by atoms with van der Waals surface area (Å²) >= 11 is 0. The fourth-order valence-corrected chi connectivity index (χ4v) is 8.58. The highest BCUT2D eigenvalue weighted by Gasteiger charge is 2.23. The van der Waals surface area contributed by atoms with Crippen LogP contribution in [-0.4, -0.2) is 9.55 Å². The summed E-state index contributed by atoms with van der Waals surface area (Å²) in [5.74, 6) is 0.889. The molecule has 0 amide bonds. The third kappa shape index (κ3) is 5.78. The third-order valence-corrected chi connectivity index (χ3v) is 11.3. The van der Waals surface area contributed by atoms with E-state index in [1.165, 1.54) is 43.1 Å². The molecular formula is C55H36N2. The van der Waals surface area contributed by atoms with Crippen LogP contribution in [0.3, 0.4) is 0 Å². The number of hydrogen-bond acceptors (Lipinski definition) is 1. The minimum Gasteiger partial charge on any atom is -0.292 e. The lowest BCUT2D eigenvalue weighted by molar-refractivity contribution is 1.07. The summed E-state index contributed by atoms with van der Waals surface area (Å²) in [4.78, 5) is 5.60. The van der Waals surface area contributed by atoms with Crippen LogP contribution in [0.5, 0.6) is 0 Å². The van der Waals surface area contributed by atoms with Crippen molar-refractivity contribution in [1.82, 2.24) is 9.55 Å². The van der Waals surface area contributed by atoms with E-state index in [9.17, 15) is 0 Å².